The zero-order valence-electron chi connectivity index (χ0n) is 7.65. The maximum Gasteiger partial charge on any atom is 0.524 e. The van der Waals surface area contributed by atoms with Crippen LogP contribution in [0.4, 0.5) is 5.13 Å². The van der Waals surface area contributed by atoms with E-state index in [2.05, 4.69) is 9.96 Å². The number of aromatic nitrogens is 1. The van der Waals surface area contributed by atoms with Gasteiger partial charge < -0.3 is 17.1 Å². The maximum atomic E-state index is 11.2. The van der Waals surface area contributed by atoms with Gasteiger partial charge in [-0.1, -0.05) is 0 Å². The van der Waals surface area contributed by atoms with Crippen molar-refractivity contribution < 1.29 is 21.9 Å². The van der Waals surface area contributed by atoms with Gasteiger partial charge in [-0.25, -0.2) is 4.79 Å². The number of ether oxygens (including phenoxy) is 1. The molecular weight excluding hydrogens is 226 g/mol. The molecule has 0 spiro atoms. The number of thiazole rings is 1. The zero-order valence-corrected chi connectivity index (χ0v) is 9.22. The predicted octanol–water partition coefficient (Wildman–Crippen LogP) is -0.883. The van der Waals surface area contributed by atoms with Crippen molar-refractivity contribution in [3.8, 4) is 0 Å². The van der Waals surface area contributed by atoms with Crippen LogP contribution in [-0.2, 0) is 4.74 Å². The number of esters is 1. The molecule has 0 saturated heterocycles. The highest BCUT2D eigenvalue weighted by Crippen LogP contribution is 2.25. The van der Waals surface area contributed by atoms with Gasteiger partial charge in [0.1, 0.15) is 0 Å². The number of hydrogen-bond donors (Lipinski definition) is 0. The molecule has 0 aliphatic rings. The number of diazo groups is 1. The van der Waals surface area contributed by atoms with E-state index in [1.54, 1.807) is 13.8 Å². The Morgan fingerprint density at radius 2 is 2.36 bits per heavy atom. The molecule has 0 unspecified atom stereocenters. The molecule has 1 rings (SSSR count). The quantitative estimate of drug-likeness (QED) is 0.491. The molecule has 0 saturated carbocycles. The number of aryl methyl sites for hydroxylation is 1. The fourth-order valence-corrected chi connectivity index (χ4v) is 1.55. The van der Waals surface area contributed by atoms with Crippen molar-refractivity contribution in [2.24, 2.45) is 0 Å². The summed E-state index contributed by atoms with van der Waals surface area (Å²) in [6.07, 6.45) is 0. The first-order valence-electron chi connectivity index (χ1n) is 3.68. The van der Waals surface area contributed by atoms with Gasteiger partial charge in [0.15, 0.2) is 10.6 Å². The van der Waals surface area contributed by atoms with Gasteiger partial charge in [0.2, 0.25) is 0 Å². The van der Waals surface area contributed by atoms with Gasteiger partial charge >= 0.3 is 11.1 Å². The van der Waals surface area contributed by atoms with E-state index in [4.69, 9.17) is 10.1 Å². The van der Waals surface area contributed by atoms with E-state index in [1.165, 1.54) is 0 Å². The van der Waals surface area contributed by atoms with Crippen LogP contribution < -0.4 is 12.4 Å². The smallest absolute Gasteiger partial charge is 0.524 e. The Labute approximate surface area is 91.1 Å². The summed E-state index contributed by atoms with van der Waals surface area (Å²) in [4.78, 5) is 18.3. The van der Waals surface area contributed by atoms with Crippen LogP contribution in [0.2, 0.25) is 0 Å². The van der Waals surface area contributed by atoms with Crippen LogP contribution >= 0.6 is 11.3 Å². The van der Waals surface area contributed by atoms with E-state index in [0.29, 0.717) is 17.2 Å². The van der Waals surface area contributed by atoms with Crippen LogP contribution in [-0.4, -0.2) is 17.6 Å². The molecule has 0 aliphatic heterocycles. The molecule has 0 bridgehead atoms. The van der Waals surface area contributed by atoms with E-state index in [9.17, 15) is 4.79 Å². The molecule has 0 amide bonds. The average molecular weight is 234 g/mol. The first-order chi connectivity index (χ1) is 6.19. The summed E-state index contributed by atoms with van der Waals surface area (Å²) < 4.78 is 4.77. The van der Waals surface area contributed by atoms with Gasteiger partial charge in [-0.3, -0.25) is 0 Å². The Bertz CT molecular complexity index is 372. The van der Waals surface area contributed by atoms with E-state index >= 15 is 0 Å². The van der Waals surface area contributed by atoms with E-state index in [-0.39, 0.29) is 17.5 Å². The van der Waals surface area contributed by atoms with Crippen LogP contribution in [0.25, 0.3) is 4.98 Å². The van der Waals surface area contributed by atoms with Crippen molar-refractivity contribution in [2.75, 3.05) is 6.61 Å². The molecule has 1 aromatic rings. The second-order valence-electron chi connectivity index (χ2n) is 2.23. The summed E-state index contributed by atoms with van der Waals surface area (Å²) in [5.74, 6) is -0.424. The normalized spacial score (nSPS) is 8.64. The van der Waals surface area contributed by atoms with Gasteiger partial charge in [-0.15, -0.1) is 0 Å². The highest BCUT2D eigenvalue weighted by Gasteiger charge is 2.24. The lowest BCUT2D eigenvalue weighted by Gasteiger charge is -1.95. The first kappa shape index (κ1) is 12.8. The number of hydrogen-bond acceptors (Lipinski definition) is 5. The molecule has 14 heavy (non-hydrogen) atoms. The van der Waals surface area contributed by atoms with Crippen molar-refractivity contribution in [2.45, 2.75) is 13.8 Å². The second-order valence-corrected chi connectivity index (χ2v) is 3.21. The topological polar surface area (TPSA) is 67.3 Å². The van der Waals surface area contributed by atoms with Gasteiger partial charge in [-0.2, -0.15) is 0 Å². The maximum absolute atomic E-state index is 11.2. The Morgan fingerprint density at radius 1 is 1.71 bits per heavy atom. The fraction of sp³-hybridized carbons (Fsp3) is 0.429. The molecule has 0 atom stereocenters. The third-order valence-electron chi connectivity index (χ3n) is 1.33. The Hall–Kier alpha value is -1.19. The van der Waals surface area contributed by atoms with E-state index in [0.717, 1.165) is 11.3 Å². The lowest BCUT2D eigenvalue weighted by atomic mass is 10.4. The second kappa shape index (κ2) is 5.52. The number of rotatable bonds is 2. The molecule has 0 N–H and O–H groups in total. The van der Waals surface area contributed by atoms with Gasteiger partial charge in [0.05, 0.1) is 12.0 Å². The molecule has 0 aliphatic carbocycles. The van der Waals surface area contributed by atoms with E-state index in [1.807, 2.05) is 0 Å². The number of nitrogens with zero attached hydrogens (tertiary/aromatic N) is 3. The number of halogens is 1. The third kappa shape index (κ3) is 2.65. The summed E-state index contributed by atoms with van der Waals surface area (Å²) in [5.41, 5.74) is 0.524. The van der Waals surface area contributed by atoms with Gasteiger partial charge in [-0.05, 0) is 23.2 Å². The summed E-state index contributed by atoms with van der Waals surface area (Å²) >= 11 is 1.01. The molecule has 7 heteroatoms. The van der Waals surface area contributed by atoms with E-state index < -0.39 is 5.97 Å². The molecule has 5 nitrogen and oxygen atoms in total. The monoisotopic (exact) mass is 233 g/mol. The molecule has 76 valence electrons. The Morgan fingerprint density at radius 3 is 2.79 bits per heavy atom. The van der Waals surface area contributed by atoms with Crippen LogP contribution in [0.3, 0.4) is 0 Å². The van der Waals surface area contributed by atoms with Crippen molar-refractivity contribution >= 4 is 22.4 Å². The minimum absolute atomic E-state index is 0. The third-order valence-corrected chi connectivity index (χ3v) is 2.35. The minimum atomic E-state index is -0.424. The van der Waals surface area contributed by atoms with Crippen molar-refractivity contribution in [3.05, 3.63) is 15.5 Å². The van der Waals surface area contributed by atoms with Crippen LogP contribution in [0.1, 0.15) is 22.3 Å². The minimum Gasteiger partial charge on any atom is -1.00 e. The van der Waals surface area contributed by atoms with Gasteiger partial charge in [0.25, 0.3) is 0 Å². The number of carbonyl (C=O) groups is 1. The fourth-order valence-electron chi connectivity index (χ4n) is 0.811. The van der Waals surface area contributed by atoms with Crippen LogP contribution in [0.15, 0.2) is 0 Å². The highest BCUT2D eigenvalue weighted by atomic mass is 35.5. The predicted molar refractivity (Wildman–Crippen MR) is 47.6 cm³/mol. The van der Waals surface area contributed by atoms with Crippen molar-refractivity contribution in [1.29, 1.82) is 5.39 Å². The standard InChI is InChI=1S/C7H8N3O2S.ClH/c1-3-12-6(11)5-4(2)9-7(10-8)13-5;/h3H2,1-2H3;1H/q+1;/p-1. The SMILES string of the molecule is CCOC(=O)c1sc([N+]#N)nc1C.[Cl-]. The highest BCUT2D eigenvalue weighted by molar-refractivity contribution is 7.17. The molecule has 1 heterocycles. The molecule has 0 radical (unpaired) electrons. The largest absolute Gasteiger partial charge is 1.00 e. The van der Waals surface area contributed by atoms with Crippen molar-refractivity contribution in [3.63, 3.8) is 0 Å². The summed E-state index contributed by atoms with van der Waals surface area (Å²) in [6, 6.07) is 0. The summed E-state index contributed by atoms with van der Waals surface area (Å²) in [5, 5.41) is 8.58. The molecule has 0 fully saturated rings. The molecular formula is C7H8ClN3O2S. The zero-order chi connectivity index (χ0) is 9.84. The Kier molecular flexibility index (Phi) is 5.05. The molecule has 0 aromatic carbocycles. The lowest BCUT2D eigenvalue weighted by Crippen LogP contribution is -3.00. The lowest BCUT2D eigenvalue weighted by molar-refractivity contribution is -0.0000215. The first-order valence-corrected chi connectivity index (χ1v) is 4.50. The van der Waals surface area contributed by atoms with Crippen LogP contribution in [0.5, 0.6) is 0 Å². The van der Waals surface area contributed by atoms with Crippen molar-refractivity contribution in [1.82, 2.24) is 4.98 Å². The Balaban J connectivity index is 0.00000169. The summed E-state index contributed by atoms with van der Waals surface area (Å²) in [6.45, 7) is 3.71. The van der Waals surface area contributed by atoms with Gasteiger partial charge in [0, 0.05) is 11.9 Å². The molecule has 1 aromatic heterocycles. The number of carbonyl (C=O) groups excluding carboxylic acids is 1. The van der Waals surface area contributed by atoms with Crippen LogP contribution in [0, 0.1) is 12.3 Å². The summed E-state index contributed by atoms with van der Waals surface area (Å²) in [7, 11) is 0. The average Bonchev–Trinajstić information content (AvgIpc) is 2.47.